The first-order valence-electron chi connectivity index (χ1n) is 6.32. The van der Waals surface area contributed by atoms with Gasteiger partial charge in [-0.1, -0.05) is 11.6 Å². The Balaban J connectivity index is 2.46. The molecule has 1 N–H and O–H groups in total. The Bertz CT molecular complexity index is 625. The highest BCUT2D eigenvalue weighted by atomic mass is 35.5. The Morgan fingerprint density at radius 3 is 2.68 bits per heavy atom. The summed E-state index contributed by atoms with van der Waals surface area (Å²) in [5.74, 6) is -1.77. The molecule has 22 heavy (non-hydrogen) atoms. The molecule has 1 unspecified atom stereocenters. The first-order valence-corrected chi connectivity index (χ1v) is 6.70. The van der Waals surface area contributed by atoms with Crippen LogP contribution in [0, 0.1) is 0 Å². The summed E-state index contributed by atoms with van der Waals surface area (Å²) in [6.45, 7) is 2.31. The molecule has 1 atom stereocenters. The van der Waals surface area contributed by atoms with E-state index < -0.39 is 23.8 Å². The van der Waals surface area contributed by atoms with Crippen LogP contribution in [0.2, 0.25) is 5.02 Å². The lowest BCUT2D eigenvalue weighted by Crippen LogP contribution is -2.40. The summed E-state index contributed by atoms with van der Waals surface area (Å²) in [7, 11) is 0. The highest BCUT2D eigenvalue weighted by Gasteiger charge is 2.48. The van der Waals surface area contributed by atoms with Crippen molar-refractivity contribution in [3.05, 3.63) is 33.9 Å². The zero-order valence-corrected chi connectivity index (χ0v) is 12.2. The summed E-state index contributed by atoms with van der Waals surface area (Å²) >= 11 is 6.02. The standard InChI is InChI=1S/C14H12ClF3O4/c1-2-21-6-8-5-11-7(4-10(8)15)3-9(13(19)20)12(22-11)14(16,17)18/h3-5,12H,2,6H2,1H3,(H,19,20). The second-order valence-corrected chi connectivity index (χ2v) is 4.97. The molecule has 1 aromatic carbocycles. The van der Waals surface area contributed by atoms with Crippen molar-refractivity contribution in [2.24, 2.45) is 0 Å². The van der Waals surface area contributed by atoms with E-state index in [1.165, 1.54) is 12.1 Å². The van der Waals surface area contributed by atoms with Crippen LogP contribution in [0.15, 0.2) is 17.7 Å². The van der Waals surface area contributed by atoms with Gasteiger partial charge in [0.05, 0.1) is 12.2 Å². The predicted octanol–water partition coefficient (Wildman–Crippen LogP) is 3.67. The monoisotopic (exact) mass is 336 g/mol. The molecule has 1 aliphatic rings. The van der Waals surface area contributed by atoms with Crippen LogP contribution in [0.1, 0.15) is 18.1 Å². The molecule has 0 saturated heterocycles. The summed E-state index contributed by atoms with van der Waals surface area (Å²) in [6.07, 6.45) is -6.42. The van der Waals surface area contributed by atoms with E-state index in [4.69, 9.17) is 26.2 Å². The number of carbonyl (C=O) groups is 1. The van der Waals surface area contributed by atoms with Gasteiger partial charge in [-0.15, -0.1) is 0 Å². The Hall–Kier alpha value is -1.73. The zero-order valence-electron chi connectivity index (χ0n) is 11.4. The minimum atomic E-state index is -4.83. The number of carboxylic acids is 1. The quantitative estimate of drug-likeness (QED) is 0.911. The second kappa shape index (κ2) is 6.18. The summed E-state index contributed by atoms with van der Waals surface area (Å²) in [5.41, 5.74) is -0.230. The predicted molar refractivity (Wildman–Crippen MR) is 72.9 cm³/mol. The van der Waals surface area contributed by atoms with Crippen molar-refractivity contribution in [1.82, 2.24) is 0 Å². The number of halogens is 4. The van der Waals surface area contributed by atoms with Gasteiger partial charge < -0.3 is 14.6 Å². The molecule has 8 heteroatoms. The normalized spacial score (nSPS) is 17.5. The third-order valence-corrected chi connectivity index (χ3v) is 3.37. The molecule has 120 valence electrons. The van der Waals surface area contributed by atoms with Crippen LogP contribution in [-0.2, 0) is 16.1 Å². The smallest absolute Gasteiger partial charge is 0.430 e. The van der Waals surface area contributed by atoms with Gasteiger partial charge in [-0.2, -0.15) is 13.2 Å². The fraction of sp³-hybridized carbons (Fsp3) is 0.357. The van der Waals surface area contributed by atoms with E-state index in [2.05, 4.69) is 0 Å². The van der Waals surface area contributed by atoms with Gasteiger partial charge in [-0.25, -0.2) is 4.79 Å². The van der Waals surface area contributed by atoms with E-state index >= 15 is 0 Å². The fourth-order valence-electron chi connectivity index (χ4n) is 2.00. The molecule has 0 radical (unpaired) electrons. The summed E-state index contributed by atoms with van der Waals surface area (Å²) < 4.78 is 48.9. The Kier molecular flexibility index (Phi) is 4.67. The molecule has 0 fully saturated rings. The van der Waals surface area contributed by atoms with Crippen molar-refractivity contribution in [3.63, 3.8) is 0 Å². The van der Waals surface area contributed by atoms with Crippen molar-refractivity contribution >= 4 is 23.6 Å². The third kappa shape index (κ3) is 3.36. The third-order valence-electron chi connectivity index (χ3n) is 3.02. The van der Waals surface area contributed by atoms with Crippen LogP contribution in [0.25, 0.3) is 6.08 Å². The van der Waals surface area contributed by atoms with Gasteiger partial charge in [0.15, 0.2) is 0 Å². The van der Waals surface area contributed by atoms with E-state index in [-0.39, 0.29) is 22.9 Å². The Labute approximate surface area is 129 Å². The molecule has 0 aliphatic carbocycles. The SMILES string of the molecule is CCOCc1cc2c(cc1Cl)C=C(C(=O)O)C(C(F)(F)F)O2. The Morgan fingerprint density at radius 1 is 1.45 bits per heavy atom. The maximum atomic E-state index is 12.9. The molecular weight excluding hydrogens is 325 g/mol. The molecule has 1 aromatic rings. The Morgan fingerprint density at radius 2 is 2.14 bits per heavy atom. The lowest BCUT2D eigenvalue weighted by molar-refractivity contribution is -0.187. The number of hydrogen-bond acceptors (Lipinski definition) is 3. The number of carboxylic acid groups (broad SMARTS) is 1. The molecular formula is C14H12ClF3O4. The zero-order chi connectivity index (χ0) is 16.5. The molecule has 1 aliphatic heterocycles. The van der Waals surface area contributed by atoms with Crippen LogP contribution < -0.4 is 4.74 Å². The topological polar surface area (TPSA) is 55.8 Å². The molecule has 4 nitrogen and oxygen atoms in total. The van der Waals surface area contributed by atoms with E-state index in [1.54, 1.807) is 6.92 Å². The fourth-order valence-corrected chi connectivity index (χ4v) is 2.23. The van der Waals surface area contributed by atoms with Gasteiger partial charge in [0.25, 0.3) is 0 Å². The summed E-state index contributed by atoms with van der Waals surface area (Å²) in [6, 6.07) is 2.70. The van der Waals surface area contributed by atoms with E-state index in [0.29, 0.717) is 12.2 Å². The van der Waals surface area contributed by atoms with Crippen LogP contribution in [-0.4, -0.2) is 30.0 Å². The average Bonchev–Trinajstić information content (AvgIpc) is 2.42. The van der Waals surface area contributed by atoms with Crippen LogP contribution in [0.4, 0.5) is 13.2 Å². The molecule has 0 saturated carbocycles. The summed E-state index contributed by atoms with van der Waals surface area (Å²) in [4.78, 5) is 11.0. The number of alkyl halides is 3. The molecule has 2 rings (SSSR count). The van der Waals surface area contributed by atoms with Crippen LogP contribution >= 0.6 is 11.6 Å². The van der Waals surface area contributed by atoms with Gasteiger partial charge in [0.1, 0.15) is 5.75 Å². The number of fused-ring (bicyclic) bond motifs is 1. The lowest BCUT2D eigenvalue weighted by atomic mass is 10.00. The number of rotatable bonds is 4. The number of aliphatic carboxylic acids is 1. The largest absolute Gasteiger partial charge is 0.478 e. The van der Waals surface area contributed by atoms with Crippen molar-refractivity contribution in [2.45, 2.75) is 25.8 Å². The minimum Gasteiger partial charge on any atom is -0.478 e. The maximum Gasteiger partial charge on any atom is 0.430 e. The second-order valence-electron chi connectivity index (χ2n) is 4.56. The highest BCUT2D eigenvalue weighted by molar-refractivity contribution is 6.31. The number of hydrogen-bond donors (Lipinski definition) is 1. The van der Waals surface area contributed by atoms with Gasteiger partial charge in [0.2, 0.25) is 6.10 Å². The summed E-state index contributed by atoms with van der Waals surface area (Å²) in [5, 5.41) is 9.20. The van der Waals surface area contributed by atoms with Crippen molar-refractivity contribution in [2.75, 3.05) is 6.61 Å². The number of benzene rings is 1. The minimum absolute atomic E-state index is 0.0774. The van der Waals surface area contributed by atoms with E-state index in [9.17, 15) is 18.0 Å². The van der Waals surface area contributed by atoms with Crippen LogP contribution in [0.5, 0.6) is 5.75 Å². The average molecular weight is 337 g/mol. The highest BCUT2D eigenvalue weighted by Crippen LogP contribution is 2.39. The first kappa shape index (κ1) is 16.6. The molecule has 0 aromatic heterocycles. The van der Waals surface area contributed by atoms with Gasteiger partial charge >= 0.3 is 12.1 Å². The lowest BCUT2D eigenvalue weighted by Gasteiger charge is -2.27. The van der Waals surface area contributed by atoms with Gasteiger partial charge in [-0.05, 0) is 25.1 Å². The van der Waals surface area contributed by atoms with Crippen molar-refractivity contribution in [3.8, 4) is 5.75 Å². The van der Waals surface area contributed by atoms with Crippen LogP contribution in [0.3, 0.4) is 0 Å². The molecule has 0 spiro atoms. The maximum absolute atomic E-state index is 12.9. The van der Waals surface area contributed by atoms with Crippen molar-refractivity contribution in [1.29, 1.82) is 0 Å². The molecule has 1 heterocycles. The van der Waals surface area contributed by atoms with Gasteiger partial charge in [-0.3, -0.25) is 0 Å². The van der Waals surface area contributed by atoms with Gasteiger partial charge in [0, 0.05) is 22.8 Å². The molecule has 0 bridgehead atoms. The van der Waals surface area contributed by atoms with Crippen molar-refractivity contribution < 1.29 is 32.5 Å². The first-order chi connectivity index (χ1) is 10.2. The number of ether oxygens (including phenoxy) is 2. The molecule has 0 amide bonds. The van der Waals surface area contributed by atoms with E-state index in [1.807, 2.05) is 0 Å². The van der Waals surface area contributed by atoms with E-state index in [0.717, 1.165) is 6.08 Å².